The second-order valence-corrected chi connectivity index (χ2v) is 4.56. The zero-order valence-corrected chi connectivity index (χ0v) is 9.71. The smallest absolute Gasteiger partial charge is 0.132 e. The van der Waals surface area contributed by atoms with Crippen molar-refractivity contribution in [3.63, 3.8) is 0 Å². The number of hydrogen-bond donors (Lipinski definition) is 1. The SMILES string of the molecule is Nc1ncccc1-c1cncn1C1CCCC1. The van der Waals surface area contributed by atoms with Crippen molar-refractivity contribution in [2.24, 2.45) is 0 Å². The van der Waals surface area contributed by atoms with E-state index in [4.69, 9.17) is 5.73 Å². The van der Waals surface area contributed by atoms with Gasteiger partial charge in [-0.2, -0.15) is 0 Å². The van der Waals surface area contributed by atoms with E-state index in [9.17, 15) is 0 Å². The van der Waals surface area contributed by atoms with E-state index >= 15 is 0 Å². The average molecular weight is 228 g/mol. The first kappa shape index (κ1) is 10.3. The fourth-order valence-electron chi connectivity index (χ4n) is 2.62. The molecule has 88 valence electrons. The van der Waals surface area contributed by atoms with E-state index in [1.54, 1.807) is 6.20 Å². The zero-order chi connectivity index (χ0) is 11.7. The molecule has 1 aliphatic rings. The molecule has 1 saturated carbocycles. The fraction of sp³-hybridized carbons (Fsp3) is 0.385. The Bertz CT molecular complexity index is 512. The van der Waals surface area contributed by atoms with Crippen LogP contribution in [0, 0.1) is 0 Å². The lowest BCUT2D eigenvalue weighted by molar-refractivity contribution is 0.523. The molecule has 3 rings (SSSR count). The molecule has 0 aliphatic heterocycles. The molecule has 2 heterocycles. The molecule has 0 saturated heterocycles. The van der Waals surface area contributed by atoms with Gasteiger partial charge in [-0.15, -0.1) is 0 Å². The van der Waals surface area contributed by atoms with Gasteiger partial charge < -0.3 is 10.3 Å². The summed E-state index contributed by atoms with van der Waals surface area (Å²) in [5, 5.41) is 0. The summed E-state index contributed by atoms with van der Waals surface area (Å²) in [5.41, 5.74) is 8.00. The maximum Gasteiger partial charge on any atom is 0.132 e. The van der Waals surface area contributed by atoms with Gasteiger partial charge in [0.25, 0.3) is 0 Å². The molecule has 2 N–H and O–H groups in total. The molecule has 0 spiro atoms. The van der Waals surface area contributed by atoms with Crippen LogP contribution in [0.2, 0.25) is 0 Å². The number of nitrogens with zero attached hydrogens (tertiary/aromatic N) is 3. The molecular formula is C13H16N4. The first-order valence-corrected chi connectivity index (χ1v) is 6.09. The summed E-state index contributed by atoms with van der Waals surface area (Å²) in [6, 6.07) is 4.50. The molecule has 4 nitrogen and oxygen atoms in total. The van der Waals surface area contributed by atoms with E-state index in [-0.39, 0.29) is 0 Å². The van der Waals surface area contributed by atoms with Gasteiger partial charge >= 0.3 is 0 Å². The number of nitrogens with two attached hydrogens (primary N) is 1. The Hall–Kier alpha value is -1.84. The van der Waals surface area contributed by atoms with Gasteiger partial charge in [0.1, 0.15) is 5.82 Å². The van der Waals surface area contributed by atoms with Crippen LogP contribution in [-0.2, 0) is 0 Å². The Morgan fingerprint density at radius 3 is 2.88 bits per heavy atom. The second-order valence-electron chi connectivity index (χ2n) is 4.56. The highest BCUT2D eigenvalue weighted by molar-refractivity contribution is 5.70. The highest BCUT2D eigenvalue weighted by Crippen LogP contribution is 2.34. The first-order chi connectivity index (χ1) is 8.36. The molecular weight excluding hydrogens is 212 g/mol. The maximum absolute atomic E-state index is 5.93. The number of rotatable bonds is 2. The Morgan fingerprint density at radius 1 is 1.29 bits per heavy atom. The highest BCUT2D eigenvalue weighted by Gasteiger charge is 2.20. The number of aromatic nitrogens is 3. The molecule has 1 aliphatic carbocycles. The monoisotopic (exact) mass is 228 g/mol. The first-order valence-electron chi connectivity index (χ1n) is 6.09. The fourth-order valence-corrected chi connectivity index (χ4v) is 2.62. The normalized spacial score (nSPS) is 16.5. The Morgan fingerprint density at radius 2 is 2.12 bits per heavy atom. The maximum atomic E-state index is 5.93. The third kappa shape index (κ3) is 1.79. The average Bonchev–Trinajstić information content (AvgIpc) is 3.00. The third-order valence-electron chi connectivity index (χ3n) is 3.50. The molecule has 0 atom stereocenters. The Labute approximate surface area is 101 Å². The largest absolute Gasteiger partial charge is 0.383 e. The van der Waals surface area contributed by atoms with Crippen molar-refractivity contribution >= 4 is 5.82 Å². The number of imidazole rings is 1. The molecule has 17 heavy (non-hydrogen) atoms. The van der Waals surface area contributed by atoms with Crippen LogP contribution < -0.4 is 5.73 Å². The second kappa shape index (κ2) is 4.20. The molecule has 0 radical (unpaired) electrons. The summed E-state index contributed by atoms with van der Waals surface area (Å²) in [6.45, 7) is 0. The molecule has 4 heteroatoms. The van der Waals surface area contributed by atoms with Crippen LogP contribution in [0.15, 0.2) is 30.9 Å². The standard InChI is InChI=1S/C13H16N4/c14-13-11(6-3-7-16-13)12-8-15-9-17(12)10-4-1-2-5-10/h3,6-10H,1-2,4-5H2,(H2,14,16). The van der Waals surface area contributed by atoms with Crippen LogP contribution in [0.5, 0.6) is 0 Å². The lowest BCUT2D eigenvalue weighted by Crippen LogP contribution is -2.06. The van der Waals surface area contributed by atoms with Crippen LogP contribution in [0.25, 0.3) is 11.3 Å². The number of pyridine rings is 1. The van der Waals surface area contributed by atoms with Gasteiger partial charge in [-0.3, -0.25) is 0 Å². The minimum Gasteiger partial charge on any atom is -0.383 e. The minimum atomic E-state index is 0.576. The Kier molecular flexibility index (Phi) is 2.55. The molecule has 1 fully saturated rings. The summed E-state index contributed by atoms with van der Waals surface area (Å²) in [6.07, 6.45) is 10.6. The molecule has 0 bridgehead atoms. The van der Waals surface area contributed by atoms with E-state index in [2.05, 4.69) is 14.5 Å². The summed E-state index contributed by atoms with van der Waals surface area (Å²) in [4.78, 5) is 8.40. The van der Waals surface area contributed by atoms with E-state index < -0.39 is 0 Å². The zero-order valence-electron chi connectivity index (χ0n) is 9.71. The van der Waals surface area contributed by atoms with Crippen LogP contribution >= 0.6 is 0 Å². The summed E-state index contributed by atoms with van der Waals surface area (Å²) >= 11 is 0. The van der Waals surface area contributed by atoms with Crippen molar-refractivity contribution in [3.8, 4) is 11.3 Å². The van der Waals surface area contributed by atoms with Gasteiger partial charge in [0.2, 0.25) is 0 Å². The quantitative estimate of drug-likeness (QED) is 0.859. The van der Waals surface area contributed by atoms with Crippen molar-refractivity contribution in [1.82, 2.24) is 14.5 Å². The predicted octanol–water partition coefficient (Wildman–Crippen LogP) is 2.64. The number of nitrogen functional groups attached to an aromatic ring is 1. The summed E-state index contributed by atoms with van der Waals surface area (Å²) in [5.74, 6) is 0.576. The number of hydrogen-bond acceptors (Lipinski definition) is 3. The van der Waals surface area contributed by atoms with E-state index in [1.165, 1.54) is 25.7 Å². The van der Waals surface area contributed by atoms with E-state index in [0.29, 0.717) is 11.9 Å². The van der Waals surface area contributed by atoms with Crippen LogP contribution in [0.3, 0.4) is 0 Å². The third-order valence-corrected chi connectivity index (χ3v) is 3.50. The van der Waals surface area contributed by atoms with Gasteiger partial charge in [-0.25, -0.2) is 9.97 Å². The summed E-state index contributed by atoms with van der Waals surface area (Å²) in [7, 11) is 0. The van der Waals surface area contributed by atoms with Crippen LogP contribution in [0.4, 0.5) is 5.82 Å². The van der Waals surface area contributed by atoms with Gasteiger partial charge in [-0.05, 0) is 25.0 Å². The lowest BCUT2D eigenvalue weighted by atomic mass is 10.1. The highest BCUT2D eigenvalue weighted by atomic mass is 15.1. The van der Waals surface area contributed by atoms with Crippen LogP contribution in [-0.4, -0.2) is 14.5 Å². The minimum absolute atomic E-state index is 0.576. The molecule has 0 unspecified atom stereocenters. The van der Waals surface area contributed by atoms with Crippen molar-refractivity contribution in [2.45, 2.75) is 31.7 Å². The van der Waals surface area contributed by atoms with Crippen molar-refractivity contribution < 1.29 is 0 Å². The predicted molar refractivity (Wildman–Crippen MR) is 67.4 cm³/mol. The molecule has 2 aromatic heterocycles. The van der Waals surface area contributed by atoms with E-state index in [0.717, 1.165) is 11.3 Å². The van der Waals surface area contributed by atoms with Gasteiger partial charge in [0.05, 0.1) is 18.2 Å². The van der Waals surface area contributed by atoms with Crippen molar-refractivity contribution in [2.75, 3.05) is 5.73 Å². The van der Waals surface area contributed by atoms with Gasteiger partial charge in [0, 0.05) is 17.8 Å². The summed E-state index contributed by atoms with van der Waals surface area (Å²) < 4.78 is 2.25. The lowest BCUT2D eigenvalue weighted by Gasteiger charge is -2.15. The molecule has 0 aromatic carbocycles. The van der Waals surface area contributed by atoms with E-state index in [1.807, 2.05) is 24.7 Å². The van der Waals surface area contributed by atoms with Crippen molar-refractivity contribution in [3.05, 3.63) is 30.9 Å². The van der Waals surface area contributed by atoms with Gasteiger partial charge in [0.15, 0.2) is 0 Å². The van der Waals surface area contributed by atoms with Crippen LogP contribution in [0.1, 0.15) is 31.7 Å². The van der Waals surface area contributed by atoms with Gasteiger partial charge in [-0.1, -0.05) is 12.8 Å². The van der Waals surface area contributed by atoms with Crippen molar-refractivity contribution in [1.29, 1.82) is 0 Å². The number of anilines is 1. The molecule has 0 amide bonds. The Balaban J connectivity index is 2.04. The topological polar surface area (TPSA) is 56.7 Å². The molecule has 2 aromatic rings.